The first kappa shape index (κ1) is 13.4. The Kier molecular flexibility index (Phi) is 4.27. The van der Waals surface area contributed by atoms with Crippen LogP contribution in [0.3, 0.4) is 0 Å². The number of aromatic nitrogens is 2. The number of aryl methyl sites for hydroxylation is 1. The van der Waals surface area contributed by atoms with Crippen molar-refractivity contribution in [3.8, 4) is 5.75 Å². The van der Waals surface area contributed by atoms with Gasteiger partial charge in [0.25, 0.3) is 0 Å². The maximum Gasteiger partial charge on any atom is 0.123 e. The molecule has 0 amide bonds. The zero-order valence-electron chi connectivity index (χ0n) is 11.1. The Bertz CT molecular complexity index is 534. The number of hydrogen-bond donors (Lipinski definition) is 0. The lowest BCUT2D eigenvalue weighted by Crippen LogP contribution is -2.04. The van der Waals surface area contributed by atoms with E-state index in [0.717, 1.165) is 23.6 Å². The minimum Gasteiger partial charge on any atom is -0.497 e. The van der Waals surface area contributed by atoms with E-state index in [1.54, 1.807) is 7.11 Å². The van der Waals surface area contributed by atoms with Gasteiger partial charge in [-0.25, -0.2) is 4.98 Å². The van der Waals surface area contributed by atoms with Gasteiger partial charge in [-0.05, 0) is 25.5 Å². The van der Waals surface area contributed by atoms with Gasteiger partial charge >= 0.3 is 0 Å². The van der Waals surface area contributed by atoms with Crippen LogP contribution < -0.4 is 4.74 Å². The fourth-order valence-corrected chi connectivity index (χ4v) is 2.46. The maximum absolute atomic E-state index is 5.25. The molecule has 0 saturated carbocycles. The second kappa shape index (κ2) is 5.74. The van der Waals surface area contributed by atoms with E-state index in [9.17, 15) is 0 Å². The molecule has 0 radical (unpaired) electrons. The monoisotopic (exact) mass is 310 g/mol. The number of imidazole rings is 1. The first-order valence-corrected chi connectivity index (χ1v) is 7.27. The first-order chi connectivity index (χ1) is 8.67. The van der Waals surface area contributed by atoms with Crippen LogP contribution in [0.5, 0.6) is 5.75 Å². The number of rotatable bonds is 5. The highest BCUT2D eigenvalue weighted by Gasteiger charge is 2.14. The Balaban J connectivity index is 2.52. The molecule has 1 aromatic carbocycles. The Morgan fingerprint density at radius 1 is 1.44 bits per heavy atom. The molecule has 0 aliphatic rings. The van der Waals surface area contributed by atoms with Crippen LogP contribution in [0.4, 0.5) is 0 Å². The minimum atomic E-state index is 0.257. The zero-order valence-corrected chi connectivity index (χ0v) is 12.7. The molecule has 0 aliphatic heterocycles. The molecule has 0 N–H and O–H groups in total. The van der Waals surface area contributed by atoms with E-state index < -0.39 is 0 Å². The van der Waals surface area contributed by atoms with Gasteiger partial charge in [0, 0.05) is 12.6 Å². The van der Waals surface area contributed by atoms with E-state index in [2.05, 4.69) is 40.4 Å². The smallest absolute Gasteiger partial charge is 0.123 e. The summed E-state index contributed by atoms with van der Waals surface area (Å²) in [5.41, 5.74) is 2.19. The summed E-state index contributed by atoms with van der Waals surface area (Å²) in [5.74, 6) is 1.95. The number of hydrogen-bond acceptors (Lipinski definition) is 2. The van der Waals surface area contributed by atoms with Crippen LogP contribution in [0, 0.1) is 0 Å². The molecule has 0 fully saturated rings. The molecule has 0 aliphatic carbocycles. The summed E-state index contributed by atoms with van der Waals surface area (Å²) in [6, 6.07) is 6.08. The zero-order chi connectivity index (χ0) is 13.1. The van der Waals surface area contributed by atoms with E-state index in [4.69, 9.17) is 9.72 Å². The van der Waals surface area contributed by atoms with E-state index in [-0.39, 0.29) is 4.83 Å². The molecule has 2 aromatic rings. The van der Waals surface area contributed by atoms with Crippen LogP contribution in [0.2, 0.25) is 0 Å². The van der Waals surface area contributed by atoms with Crippen molar-refractivity contribution in [2.45, 2.75) is 38.1 Å². The van der Waals surface area contributed by atoms with Crippen LogP contribution in [0.25, 0.3) is 11.0 Å². The summed E-state index contributed by atoms with van der Waals surface area (Å²) >= 11 is 3.62. The average molecular weight is 311 g/mol. The lowest BCUT2D eigenvalue weighted by Gasteiger charge is -2.09. The molecule has 0 saturated heterocycles. The maximum atomic E-state index is 5.25. The number of halogens is 1. The van der Waals surface area contributed by atoms with Crippen LogP contribution in [0.15, 0.2) is 18.2 Å². The molecule has 4 heteroatoms. The largest absolute Gasteiger partial charge is 0.497 e. The minimum absolute atomic E-state index is 0.257. The molecule has 1 aromatic heterocycles. The molecule has 2 rings (SSSR count). The lowest BCUT2D eigenvalue weighted by atomic mass is 10.3. The SMILES string of the molecule is CCCCn1c(C(C)Br)nc2cc(OC)ccc21. The standard InChI is InChI=1S/C14H19BrN2O/c1-4-5-8-17-13-7-6-11(18-3)9-12(13)16-14(17)10(2)15/h6-7,9-10H,4-5,8H2,1-3H3. The van der Waals surface area contributed by atoms with Gasteiger partial charge in [0.1, 0.15) is 11.6 Å². The van der Waals surface area contributed by atoms with Crippen molar-refractivity contribution in [2.75, 3.05) is 7.11 Å². The lowest BCUT2D eigenvalue weighted by molar-refractivity contribution is 0.415. The van der Waals surface area contributed by atoms with Crippen LogP contribution in [0.1, 0.15) is 37.3 Å². The van der Waals surface area contributed by atoms with Gasteiger partial charge in [0.2, 0.25) is 0 Å². The van der Waals surface area contributed by atoms with E-state index in [1.165, 1.54) is 18.4 Å². The summed E-state index contributed by atoms with van der Waals surface area (Å²) in [4.78, 5) is 4.97. The van der Waals surface area contributed by atoms with Crippen molar-refractivity contribution in [1.29, 1.82) is 0 Å². The number of alkyl halides is 1. The van der Waals surface area contributed by atoms with Gasteiger partial charge in [-0.2, -0.15) is 0 Å². The predicted octanol–water partition coefficient (Wildman–Crippen LogP) is 4.30. The fourth-order valence-electron chi connectivity index (χ4n) is 2.11. The van der Waals surface area contributed by atoms with E-state index in [1.807, 2.05) is 12.1 Å². The number of fused-ring (bicyclic) bond motifs is 1. The molecule has 1 heterocycles. The Hall–Kier alpha value is -1.03. The van der Waals surface area contributed by atoms with Crippen molar-refractivity contribution >= 4 is 27.0 Å². The van der Waals surface area contributed by atoms with Gasteiger partial charge in [-0.15, -0.1) is 0 Å². The summed E-state index contributed by atoms with van der Waals surface area (Å²) in [6.07, 6.45) is 2.36. The van der Waals surface area contributed by atoms with E-state index in [0.29, 0.717) is 0 Å². The van der Waals surface area contributed by atoms with Crippen LogP contribution in [-0.2, 0) is 6.54 Å². The second-order valence-corrected chi connectivity index (χ2v) is 5.82. The molecule has 0 spiro atoms. The number of unbranched alkanes of at least 4 members (excludes halogenated alkanes) is 1. The molecular formula is C14H19BrN2O. The van der Waals surface area contributed by atoms with Crippen molar-refractivity contribution in [2.24, 2.45) is 0 Å². The normalized spacial score (nSPS) is 12.9. The van der Waals surface area contributed by atoms with Crippen molar-refractivity contribution in [1.82, 2.24) is 9.55 Å². The number of benzene rings is 1. The number of methoxy groups -OCH3 is 1. The molecular weight excluding hydrogens is 292 g/mol. The van der Waals surface area contributed by atoms with Crippen molar-refractivity contribution in [3.05, 3.63) is 24.0 Å². The second-order valence-electron chi connectivity index (χ2n) is 4.45. The molecule has 0 bridgehead atoms. The third-order valence-corrected chi connectivity index (χ3v) is 3.49. The summed E-state index contributed by atoms with van der Waals surface area (Å²) in [7, 11) is 1.68. The highest BCUT2D eigenvalue weighted by molar-refractivity contribution is 9.09. The molecule has 18 heavy (non-hydrogen) atoms. The van der Waals surface area contributed by atoms with Crippen LogP contribution in [-0.4, -0.2) is 16.7 Å². The van der Waals surface area contributed by atoms with Gasteiger partial charge in [-0.3, -0.25) is 0 Å². The first-order valence-electron chi connectivity index (χ1n) is 6.35. The Labute approximate surface area is 116 Å². The van der Waals surface area contributed by atoms with Gasteiger partial charge < -0.3 is 9.30 Å². The van der Waals surface area contributed by atoms with Gasteiger partial charge in [0.15, 0.2) is 0 Å². The highest BCUT2D eigenvalue weighted by atomic mass is 79.9. The Morgan fingerprint density at radius 3 is 2.83 bits per heavy atom. The van der Waals surface area contributed by atoms with Crippen LogP contribution >= 0.6 is 15.9 Å². The predicted molar refractivity (Wildman–Crippen MR) is 78.5 cm³/mol. The van der Waals surface area contributed by atoms with E-state index >= 15 is 0 Å². The average Bonchev–Trinajstić information content (AvgIpc) is 2.74. The summed E-state index contributed by atoms with van der Waals surface area (Å²) in [6.45, 7) is 5.34. The van der Waals surface area contributed by atoms with Gasteiger partial charge in [0.05, 0.1) is 23.0 Å². The number of nitrogens with zero attached hydrogens (tertiary/aromatic N) is 2. The molecule has 1 unspecified atom stereocenters. The summed E-state index contributed by atoms with van der Waals surface area (Å²) < 4.78 is 7.56. The van der Waals surface area contributed by atoms with Crippen molar-refractivity contribution < 1.29 is 4.74 Å². The fraction of sp³-hybridized carbons (Fsp3) is 0.500. The molecule has 3 nitrogen and oxygen atoms in total. The quantitative estimate of drug-likeness (QED) is 0.770. The van der Waals surface area contributed by atoms with Gasteiger partial charge in [-0.1, -0.05) is 29.3 Å². The summed E-state index contributed by atoms with van der Waals surface area (Å²) in [5, 5.41) is 0. The topological polar surface area (TPSA) is 27.1 Å². The highest BCUT2D eigenvalue weighted by Crippen LogP contribution is 2.28. The number of ether oxygens (including phenoxy) is 1. The third kappa shape index (κ3) is 2.53. The molecule has 1 atom stereocenters. The third-order valence-electron chi connectivity index (χ3n) is 3.08. The van der Waals surface area contributed by atoms with Crippen molar-refractivity contribution in [3.63, 3.8) is 0 Å². The molecule has 98 valence electrons. The Morgan fingerprint density at radius 2 is 2.22 bits per heavy atom.